The number of aryl methyl sites for hydroxylation is 2. The summed E-state index contributed by atoms with van der Waals surface area (Å²) in [4.78, 5) is 26.3. The largest absolute Gasteiger partial charge is 0.469 e. The van der Waals surface area contributed by atoms with Crippen LogP contribution in [0.5, 0.6) is 0 Å². The van der Waals surface area contributed by atoms with Crippen LogP contribution in [0.1, 0.15) is 37.9 Å². The molecule has 1 aromatic carbocycles. The lowest BCUT2D eigenvalue weighted by molar-refractivity contribution is 0.0783. The van der Waals surface area contributed by atoms with Gasteiger partial charge in [-0.15, -0.1) is 0 Å². The molecule has 2 amide bonds. The lowest BCUT2D eigenvalue weighted by atomic mass is 10.1. The molecule has 0 spiro atoms. The Morgan fingerprint density at radius 2 is 1.92 bits per heavy atom. The number of H-pyrrole nitrogens is 1. The van der Waals surface area contributed by atoms with Gasteiger partial charge < -0.3 is 14.6 Å². The molecule has 0 saturated carbocycles. The summed E-state index contributed by atoms with van der Waals surface area (Å²) in [5.41, 5.74) is 3.39. The molecule has 0 saturated heterocycles. The first-order valence-electron chi connectivity index (χ1n) is 8.16. The molecular weight excluding hydrogens is 332 g/mol. The van der Waals surface area contributed by atoms with E-state index < -0.39 is 0 Å². The van der Waals surface area contributed by atoms with Gasteiger partial charge in [-0.05, 0) is 50.2 Å². The van der Waals surface area contributed by atoms with E-state index in [0.717, 1.165) is 11.4 Å². The monoisotopic (exact) mass is 352 g/mol. The van der Waals surface area contributed by atoms with Crippen molar-refractivity contribution in [1.82, 2.24) is 15.1 Å². The fraction of sp³-hybridized carbons (Fsp3) is 0.211. The van der Waals surface area contributed by atoms with Crippen LogP contribution in [0.2, 0.25) is 0 Å². The van der Waals surface area contributed by atoms with Crippen molar-refractivity contribution in [2.24, 2.45) is 0 Å². The van der Waals surface area contributed by atoms with Crippen LogP contribution < -0.4 is 5.32 Å². The summed E-state index contributed by atoms with van der Waals surface area (Å²) in [7, 11) is 1.73. The zero-order valence-corrected chi connectivity index (χ0v) is 14.9. The molecule has 0 fully saturated rings. The highest BCUT2D eigenvalue weighted by Crippen LogP contribution is 2.15. The van der Waals surface area contributed by atoms with E-state index in [4.69, 9.17) is 4.42 Å². The van der Waals surface area contributed by atoms with Crippen LogP contribution in [-0.4, -0.2) is 34.0 Å². The van der Waals surface area contributed by atoms with Crippen LogP contribution >= 0.6 is 0 Å². The van der Waals surface area contributed by atoms with Crippen LogP contribution in [0, 0.1) is 13.8 Å². The molecule has 2 N–H and O–H groups in total. The summed E-state index contributed by atoms with van der Waals surface area (Å²) < 4.78 is 5.13. The molecule has 7 nitrogen and oxygen atoms in total. The number of anilines is 1. The van der Waals surface area contributed by atoms with E-state index in [1.165, 1.54) is 6.26 Å². The Hall–Kier alpha value is -3.35. The van der Waals surface area contributed by atoms with Gasteiger partial charge in [-0.25, -0.2) is 0 Å². The average Bonchev–Trinajstić information content (AvgIpc) is 3.23. The molecular formula is C19H20N4O3. The maximum atomic E-state index is 12.5. The molecule has 0 aliphatic rings. The number of nitrogens with one attached hydrogen (secondary N) is 2. The van der Waals surface area contributed by atoms with Gasteiger partial charge in [0.15, 0.2) is 0 Å². The molecule has 0 radical (unpaired) electrons. The van der Waals surface area contributed by atoms with Crippen molar-refractivity contribution >= 4 is 17.5 Å². The molecule has 2 heterocycles. The number of aromatic amines is 1. The summed E-state index contributed by atoms with van der Waals surface area (Å²) in [6.07, 6.45) is 1.47. The van der Waals surface area contributed by atoms with Crippen molar-refractivity contribution in [3.8, 4) is 0 Å². The zero-order chi connectivity index (χ0) is 18.7. The quantitative estimate of drug-likeness (QED) is 0.738. The molecule has 0 unspecified atom stereocenters. The number of carbonyl (C=O) groups is 2. The Balaban J connectivity index is 1.64. The summed E-state index contributed by atoms with van der Waals surface area (Å²) >= 11 is 0. The van der Waals surface area contributed by atoms with Crippen molar-refractivity contribution in [2.45, 2.75) is 20.4 Å². The highest BCUT2D eigenvalue weighted by atomic mass is 16.3. The van der Waals surface area contributed by atoms with E-state index in [1.54, 1.807) is 49.2 Å². The van der Waals surface area contributed by atoms with Gasteiger partial charge in [0.2, 0.25) is 0 Å². The average molecular weight is 352 g/mol. The van der Waals surface area contributed by atoms with E-state index >= 15 is 0 Å². The molecule has 0 aliphatic carbocycles. The minimum absolute atomic E-state index is 0.116. The Kier molecular flexibility index (Phi) is 4.88. The number of benzene rings is 1. The third-order valence-corrected chi connectivity index (χ3v) is 4.00. The van der Waals surface area contributed by atoms with Crippen LogP contribution in [0.15, 0.2) is 47.1 Å². The highest BCUT2D eigenvalue weighted by Gasteiger charge is 2.15. The van der Waals surface area contributed by atoms with Crippen LogP contribution in [-0.2, 0) is 6.54 Å². The first kappa shape index (κ1) is 17.5. The summed E-state index contributed by atoms with van der Waals surface area (Å²) in [6.45, 7) is 4.06. The third kappa shape index (κ3) is 3.83. The summed E-state index contributed by atoms with van der Waals surface area (Å²) in [5.74, 6) is 0.195. The van der Waals surface area contributed by atoms with Crippen LogP contribution in [0.4, 0.5) is 5.69 Å². The Morgan fingerprint density at radius 3 is 2.50 bits per heavy atom. The maximum absolute atomic E-state index is 12.5. The summed E-state index contributed by atoms with van der Waals surface area (Å²) in [6, 6.07) is 10.3. The van der Waals surface area contributed by atoms with E-state index in [9.17, 15) is 9.59 Å². The standard InChI is InChI=1S/C19H20N4O3/c1-12-10-16(22-21-12)11-23(3)19(25)14-4-6-15(7-5-14)20-18(24)17-8-9-26-13(17)2/h4-10H,11H2,1-3H3,(H,20,24)(H,21,22). The minimum Gasteiger partial charge on any atom is -0.469 e. The van der Waals surface area contributed by atoms with Gasteiger partial charge in [0.25, 0.3) is 11.8 Å². The Labute approximate surface area is 151 Å². The highest BCUT2D eigenvalue weighted by molar-refractivity contribution is 6.05. The second kappa shape index (κ2) is 7.26. The SMILES string of the molecule is Cc1cc(CN(C)C(=O)c2ccc(NC(=O)c3ccoc3C)cc2)n[nH]1. The van der Waals surface area contributed by atoms with E-state index in [1.807, 2.05) is 13.0 Å². The van der Waals surface area contributed by atoms with Crippen LogP contribution in [0.25, 0.3) is 0 Å². The number of nitrogens with zero attached hydrogens (tertiary/aromatic N) is 2. The van der Waals surface area contributed by atoms with Gasteiger partial charge in [-0.1, -0.05) is 0 Å². The number of hydrogen-bond acceptors (Lipinski definition) is 4. The molecule has 0 bridgehead atoms. The topological polar surface area (TPSA) is 91.2 Å². The molecule has 26 heavy (non-hydrogen) atoms. The van der Waals surface area contributed by atoms with Crippen molar-refractivity contribution in [2.75, 3.05) is 12.4 Å². The number of furan rings is 1. The lowest BCUT2D eigenvalue weighted by Crippen LogP contribution is -2.26. The van der Waals surface area contributed by atoms with Gasteiger partial charge >= 0.3 is 0 Å². The van der Waals surface area contributed by atoms with Gasteiger partial charge in [-0.2, -0.15) is 5.10 Å². The van der Waals surface area contributed by atoms with Crippen molar-refractivity contribution in [3.63, 3.8) is 0 Å². The molecule has 3 aromatic rings. The maximum Gasteiger partial charge on any atom is 0.259 e. The number of hydrogen-bond donors (Lipinski definition) is 2. The predicted octanol–water partition coefficient (Wildman–Crippen LogP) is 3.14. The molecule has 0 aliphatic heterocycles. The van der Waals surface area contributed by atoms with Gasteiger partial charge in [-0.3, -0.25) is 14.7 Å². The zero-order valence-electron chi connectivity index (χ0n) is 14.9. The first-order chi connectivity index (χ1) is 12.4. The molecule has 3 rings (SSSR count). The Bertz CT molecular complexity index is 924. The first-order valence-corrected chi connectivity index (χ1v) is 8.16. The van der Waals surface area contributed by atoms with Crippen molar-refractivity contribution < 1.29 is 14.0 Å². The number of aromatic nitrogens is 2. The number of amides is 2. The molecule has 7 heteroatoms. The predicted molar refractivity (Wildman–Crippen MR) is 97.0 cm³/mol. The third-order valence-electron chi connectivity index (χ3n) is 4.00. The smallest absolute Gasteiger partial charge is 0.259 e. The fourth-order valence-corrected chi connectivity index (χ4v) is 2.61. The van der Waals surface area contributed by atoms with E-state index in [0.29, 0.717) is 29.1 Å². The number of carbonyl (C=O) groups excluding carboxylic acids is 2. The summed E-state index contributed by atoms with van der Waals surface area (Å²) in [5, 5.41) is 9.78. The molecule has 134 valence electrons. The van der Waals surface area contributed by atoms with Gasteiger partial charge in [0.05, 0.1) is 24.1 Å². The number of rotatable bonds is 5. The second-order valence-electron chi connectivity index (χ2n) is 6.13. The van der Waals surface area contributed by atoms with Crippen molar-refractivity contribution in [3.05, 3.63) is 70.9 Å². The minimum atomic E-state index is -0.249. The van der Waals surface area contributed by atoms with Gasteiger partial charge in [0, 0.05) is 24.0 Å². The van der Waals surface area contributed by atoms with E-state index in [2.05, 4.69) is 15.5 Å². The lowest BCUT2D eigenvalue weighted by Gasteiger charge is -2.16. The van der Waals surface area contributed by atoms with Gasteiger partial charge in [0.1, 0.15) is 5.76 Å². The van der Waals surface area contributed by atoms with Crippen molar-refractivity contribution in [1.29, 1.82) is 0 Å². The Morgan fingerprint density at radius 1 is 1.19 bits per heavy atom. The molecule has 0 atom stereocenters. The molecule has 2 aromatic heterocycles. The van der Waals surface area contributed by atoms with Crippen LogP contribution in [0.3, 0.4) is 0 Å². The normalized spacial score (nSPS) is 10.6. The fourth-order valence-electron chi connectivity index (χ4n) is 2.61. The second-order valence-corrected chi connectivity index (χ2v) is 6.13. The van der Waals surface area contributed by atoms with E-state index in [-0.39, 0.29) is 11.8 Å².